The SMILES string of the molecule is Cc1nc(CN2CCN(C(C)C(=O)Nc3ccc([N+](=O)[O-])cc3Cl)CC2)cs1. The van der Waals surface area contributed by atoms with Crippen LogP contribution >= 0.6 is 22.9 Å². The lowest BCUT2D eigenvalue weighted by atomic mass is 10.2. The Morgan fingerprint density at radius 3 is 2.68 bits per heavy atom. The number of nitro groups is 1. The molecular formula is C18H22ClN5O3S. The van der Waals surface area contributed by atoms with E-state index in [4.69, 9.17) is 11.6 Å². The second kappa shape index (κ2) is 8.95. The summed E-state index contributed by atoms with van der Waals surface area (Å²) in [6.07, 6.45) is 0. The van der Waals surface area contributed by atoms with Crippen molar-refractivity contribution in [1.82, 2.24) is 14.8 Å². The van der Waals surface area contributed by atoms with E-state index in [1.807, 2.05) is 13.8 Å². The van der Waals surface area contributed by atoms with Gasteiger partial charge >= 0.3 is 0 Å². The van der Waals surface area contributed by atoms with Gasteiger partial charge in [0, 0.05) is 50.2 Å². The monoisotopic (exact) mass is 423 g/mol. The molecule has 0 spiro atoms. The van der Waals surface area contributed by atoms with Gasteiger partial charge in [-0.15, -0.1) is 11.3 Å². The van der Waals surface area contributed by atoms with Crippen LogP contribution in [0.15, 0.2) is 23.6 Å². The standard InChI is InChI=1S/C18H22ClN5O3S/c1-12(18(25)21-17-4-3-15(24(26)27)9-16(17)19)23-7-5-22(6-8-23)10-14-11-28-13(2)20-14/h3-4,9,11-12H,5-8,10H2,1-2H3,(H,21,25). The average molecular weight is 424 g/mol. The predicted molar refractivity (Wildman–Crippen MR) is 110 cm³/mol. The van der Waals surface area contributed by atoms with Crippen molar-refractivity contribution >= 4 is 40.2 Å². The van der Waals surface area contributed by atoms with Gasteiger partial charge in [-0.3, -0.25) is 24.7 Å². The molecule has 1 N–H and O–H groups in total. The van der Waals surface area contributed by atoms with Crippen LogP contribution in [0.25, 0.3) is 0 Å². The molecule has 1 atom stereocenters. The van der Waals surface area contributed by atoms with Gasteiger partial charge in [0.2, 0.25) is 5.91 Å². The maximum Gasteiger partial charge on any atom is 0.271 e. The van der Waals surface area contributed by atoms with Crippen LogP contribution in [-0.4, -0.2) is 57.8 Å². The highest BCUT2D eigenvalue weighted by Gasteiger charge is 2.26. The number of amides is 1. The molecule has 0 saturated carbocycles. The normalized spacial score (nSPS) is 16.7. The summed E-state index contributed by atoms with van der Waals surface area (Å²) in [4.78, 5) is 31.8. The Kier molecular flexibility index (Phi) is 6.61. The van der Waals surface area contributed by atoms with Gasteiger partial charge in [0.05, 0.1) is 32.4 Å². The molecule has 150 valence electrons. The molecule has 1 aromatic heterocycles. The number of halogens is 1. The van der Waals surface area contributed by atoms with Gasteiger partial charge in [0.15, 0.2) is 0 Å². The lowest BCUT2D eigenvalue weighted by molar-refractivity contribution is -0.384. The van der Waals surface area contributed by atoms with Gasteiger partial charge in [-0.2, -0.15) is 0 Å². The first-order valence-electron chi connectivity index (χ1n) is 8.95. The van der Waals surface area contributed by atoms with Gasteiger partial charge in [0.25, 0.3) is 5.69 Å². The first-order valence-corrected chi connectivity index (χ1v) is 10.2. The number of hydrogen-bond acceptors (Lipinski definition) is 7. The summed E-state index contributed by atoms with van der Waals surface area (Å²) in [5.41, 5.74) is 1.36. The molecule has 1 fully saturated rings. The quantitative estimate of drug-likeness (QED) is 0.566. The summed E-state index contributed by atoms with van der Waals surface area (Å²) in [5.74, 6) is -0.181. The van der Waals surface area contributed by atoms with Gasteiger partial charge in [0.1, 0.15) is 0 Å². The van der Waals surface area contributed by atoms with Crippen LogP contribution < -0.4 is 5.32 Å². The fourth-order valence-electron chi connectivity index (χ4n) is 3.14. The van der Waals surface area contributed by atoms with E-state index in [-0.39, 0.29) is 22.7 Å². The molecule has 1 unspecified atom stereocenters. The fourth-order valence-corrected chi connectivity index (χ4v) is 3.97. The van der Waals surface area contributed by atoms with Gasteiger partial charge < -0.3 is 5.32 Å². The summed E-state index contributed by atoms with van der Waals surface area (Å²) in [6, 6.07) is 3.69. The smallest absolute Gasteiger partial charge is 0.271 e. The van der Waals surface area contributed by atoms with Gasteiger partial charge in [-0.05, 0) is 19.9 Å². The molecule has 1 aromatic carbocycles. The zero-order valence-corrected chi connectivity index (χ0v) is 17.3. The zero-order chi connectivity index (χ0) is 20.3. The lowest BCUT2D eigenvalue weighted by Crippen LogP contribution is -2.52. The number of nitro benzene ring substituents is 1. The molecule has 2 aromatic rings. The van der Waals surface area contributed by atoms with Crippen molar-refractivity contribution in [3.8, 4) is 0 Å². The number of thiazole rings is 1. The highest BCUT2D eigenvalue weighted by molar-refractivity contribution is 7.09. The molecule has 8 nitrogen and oxygen atoms in total. The summed E-state index contributed by atoms with van der Waals surface area (Å²) >= 11 is 7.72. The Morgan fingerprint density at radius 1 is 1.39 bits per heavy atom. The number of anilines is 1. The highest BCUT2D eigenvalue weighted by Crippen LogP contribution is 2.27. The van der Waals surface area contributed by atoms with E-state index in [2.05, 4.69) is 25.5 Å². The van der Waals surface area contributed by atoms with E-state index >= 15 is 0 Å². The number of nitrogens with one attached hydrogen (secondary N) is 1. The Bertz CT molecular complexity index is 867. The minimum absolute atomic E-state index is 0.109. The summed E-state index contributed by atoms with van der Waals surface area (Å²) < 4.78 is 0. The number of benzene rings is 1. The van der Waals surface area contributed by atoms with Gasteiger partial charge in [-0.25, -0.2) is 4.98 Å². The lowest BCUT2D eigenvalue weighted by Gasteiger charge is -2.37. The molecule has 2 heterocycles. The molecule has 1 aliphatic rings. The van der Waals surface area contributed by atoms with Crippen LogP contribution in [0.5, 0.6) is 0 Å². The Labute approximate surface area is 172 Å². The number of hydrogen-bond donors (Lipinski definition) is 1. The highest BCUT2D eigenvalue weighted by atomic mass is 35.5. The molecule has 1 aliphatic heterocycles. The first kappa shape index (κ1) is 20.7. The van der Waals surface area contributed by atoms with Crippen LogP contribution in [0.2, 0.25) is 5.02 Å². The average Bonchev–Trinajstić information content (AvgIpc) is 3.08. The van der Waals surface area contributed by atoms with Crippen molar-refractivity contribution in [3.63, 3.8) is 0 Å². The predicted octanol–water partition coefficient (Wildman–Crippen LogP) is 3.16. The molecule has 1 saturated heterocycles. The second-order valence-electron chi connectivity index (χ2n) is 6.76. The molecule has 0 radical (unpaired) electrons. The largest absolute Gasteiger partial charge is 0.323 e. The third kappa shape index (κ3) is 5.05. The van der Waals surface area contributed by atoms with Crippen molar-refractivity contribution in [2.45, 2.75) is 26.4 Å². The van der Waals surface area contributed by atoms with Crippen molar-refractivity contribution in [2.75, 3.05) is 31.5 Å². The van der Waals surface area contributed by atoms with Gasteiger partial charge in [-0.1, -0.05) is 11.6 Å². The summed E-state index contributed by atoms with van der Waals surface area (Å²) in [6.45, 7) is 7.99. The minimum atomic E-state index is -0.521. The zero-order valence-electron chi connectivity index (χ0n) is 15.7. The molecule has 0 bridgehead atoms. The van der Waals surface area contributed by atoms with E-state index < -0.39 is 4.92 Å². The molecule has 0 aliphatic carbocycles. The molecule has 3 rings (SSSR count). The third-order valence-corrected chi connectivity index (χ3v) is 5.94. The number of aromatic nitrogens is 1. The van der Waals surface area contributed by atoms with Crippen LogP contribution in [0.1, 0.15) is 17.6 Å². The van der Waals surface area contributed by atoms with Crippen molar-refractivity contribution in [2.24, 2.45) is 0 Å². The molecule has 10 heteroatoms. The summed E-state index contributed by atoms with van der Waals surface area (Å²) in [7, 11) is 0. The maximum atomic E-state index is 12.6. The fraction of sp³-hybridized carbons (Fsp3) is 0.444. The van der Waals surface area contributed by atoms with Crippen LogP contribution in [0, 0.1) is 17.0 Å². The third-order valence-electron chi connectivity index (χ3n) is 4.81. The van der Waals surface area contributed by atoms with E-state index in [9.17, 15) is 14.9 Å². The number of non-ortho nitro benzene ring substituents is 1. The second-order valence-corrected chi connectivity index (χ2v) is 8.23. The number of carbonyl (C=O) groups is 1. The summed E-state index contributed by atoms with van der Waals surface area (Å²) in [5, 5.41) is 16.9. The van der Waals surface area contributed by atoms with Crippen LogP contribution in [-0.2, 0) is 11.3 Å². The first-order chi connectivity index (χ1) is 13.3. The van der Waals surface area contributed by atoms with E-state index in [1.54, 1.807) is 11.3 Å². The van der Waals surface area contributed by atoms with Crippen LogP contribution in [0.4, 0.5) is 11.4 Å². The minimum Gasteiger partial charge on any atom is -0.323 e. The van der Waals surface area contributed by atoms with Crippen molar-refractivity contribution in [3.05, 3.63) is 49.4 Å². The molecule has 1 amide bonds. The Hall–Kier alpha value is -2.07. The van der Waals surface area contributed by atoms with E-state index in [1.165, 1.54) is 18.2 Å². The number of aryl methyl sites for hydroxylation is 1. The topological polar surface area (TPSA) is 91.6 Å². The Balaban J connectivity index is 1.52. The number of rotatable bonds is 6. The molecule has 28 heavy (non-hydrogen) atoms. The van der Waals surface area contributed by atoms with Crippen molar-refractivity contribution < 1.29 is 9.72 Å². The van der Waals surface area contributed by atoms with Crippen LogP contribution in [0.3, 0.4) is 0 Å². The number of piperazine rings is 1. The van der Waals surface area contributed by atoms with E-state index in [0.29, 0.717) is 5.69 Å². The number of nitrogens with zero attached hydrogens (tertiary/aromatic N) is 4. The van der Waals surface area contributed by atoms with Crippen molar-refractivity contribution in [1.29, 1.82) is 0 Å². The van der Waals surface area contributed by atoms with E-state index in [0.717, 1.165) is 43.4 Å². The number of carbonyl (C=O) groups excluding carboxylic acids is 1. The maximum absolute atomic E-state index is 12.6. The molecular weight excluding hydrogens is 402 g/mol. The Morgan fingerprint density at radius 2 is 2.11 bits per heavy atom.